The van der Waals surface area contributed by atoms with E-state index in [1.54, 1.807) is 18.2 Å². The van der Waals surface area contributed by atoms with E-state index in [1.165, 1.54) is 0 Å². The van der Waals surface area contributed by atoms with E-state index in [4.69, 9.17) is 11.6 Å². The van der Waals surface area contributed by atoms with Gasteiger partial charge in [0.05, 0.1) is 11.3 Å². The fraction of sp³-hybridized carbons (Fsp3) is 0.462. The molecule has 4 heteroatoms. The van der Waals surface area contributed by atoms with Crippen LogP contribution in [0.25, 0.3) is 0 Å². The normalized spacial score (nSPS) is 19.6. The Labute approximate surface area is 106 Å². The van der Waals surface area contributed by atoms with E-state index >= 15 is 0 Å². The summed E-state index contributed by atoms with van der Waals surface area (Å²) >= 11 is 5.95. The average molecular weight is 254 g/mol. The van der Waals surface area contributed by atoms with Gasteiger partial charge in [0.15, 0.2) is 0 Å². The average Bonchev–Trinajstić information content (AvgIpc) is 2.76. The Bertz CT molecular complexity index is 433. The van der Waals surface area contributed by atoms with Gasteiger partial charge in [-0.25, -0.2) is 4.79 Å². The minimum absolute atomic E-state index is 0.339. The highest BCUT2D eigenvalue weighted by atomic mass is 35.5. The van der Waals surface area contributed by atoms with Crippen LogP contribution in [0.2, 0.25) is 5.02 Å². The van der Waals surface area contributed by atoms with Crippen molar-refractivity contribution in [1.82, 2.24) is 0 Å². The zero-order valence-corrected chi connectivity index (χ0v) is 10.6. The number of aromatic carboxylic acids is 1. The molecule has 1 atom stereocenters. The number of benzene rings is 1. The van der Waals surface area contributed by atoms with Gasteiger partial charge in [-0.1, -0.05) is 24.9 Å². The smallest absolute Gasteiger partial charge is 0.337 e. The third-order valence-electron chi connectivity index (χ3n) is 3.39. The van der Waals surface area contributed by atoms with E-state index in [-0.39, 0.29) is 0 Å². The number of rotatable bonds is 3. The molecule has 1 fully saturated rings. The number of hydrogen-bond acceptors (Lipinski definition) is 2. The Hall–Kier alpha value is -1.22. The Morgan fingerprint density at radius 3 is 2.94 bits per heavy atom. The van der Waals surface area contributed by atoms with Gasteiger partial charge in [0.2, 0.25) is 0 Å². The second-order valence-electron chi connectivity index (χ2n) is 4.48. The Morgan fingerprint density at radius 2 is 2.35 bits per heavy atom. The fourth-order valence-electron chi connectivity index (χ4n) is 2.33. The molecule has 17 heavy (non-hydrogen) atoms. The molecule has 92 valence electrons. The van der Waals surface area contributed by atoms with E-state index in [0.29, 0.717) is 16.5 Å². The van der Waals surface area contributed by atoms with E-state index in [9.17, 15) is 9.90 Å². The lowest BCUT2D eigenvalue weighted by molar-refractivity contribution is 0.0697. The Balaban J connectivity index is 2.31. The summed E-state index contributed by atoms with van der Waals surface area (Å²) < 4.78 is 0. The van der Waals surface area contributed by atoms with Crippen LogP contribution in [-0.4, -0.2) is 24.2 Å². The quantitative estimate of drug-likeness (QED) is 0.899. The van der Waals surface area contributed by atoms with E-state index < -0.39 is 5.97 Å². The van der Waals surface area contributed by atoms with Crippen molar-refractivity contribution in [1.29, 1.82) is 0 Å². The molecule has 1 aromatic carbocycles. The maximum Gasteiger partial charge on any atom is 0.337 e. The van der Waals surface area contributed by atoms with Crippen LogP contribution in [0.5, 0.6) is 0 Å². The molecule has 0 aliphatic carbocycles. The van der Waals surface area contributed by atoms with Crippen molar-refractivity contribution in [3.63, 3.8) is 0 Å². The zero-order chi connectivity index (χ0) is 12.4. The van der Waals surface area contributed by atoms with Crippen molar-refractivity contribution < 1.29 is 9.90 Å². The second-order valence-corrected chi connectivity index (χ2v) is 4.91. The molecule has 1 N–H and O–H groups in total. The van der Waals surface area contributed by atoms with Crippen LogP contribution in [0.4, 0.5) is 5.69 Å². The standard InChI is InChI=1S/C13H16ClNO2/c1-2-9-5-6-15(8-9)12-7-10(14)3-4-11(12)13(16)17/h3-4,7,9H,2,5-6,8H2,1H3,(H,16,17). The summed E-state index contributed by atoms with van der Waals surface area (Å²) in [5, 5.41) is 9.76. The van der Waals surface area contributed by atoms with Crippen LogP contribution in [0.15, 0.2) is 18.2 Å². The minimum atomic E-state index is -0.892. The van der Waals surface area contributed by atoms with E-state index in [2.05, 4.69) is 11.8 Å². The summed E-state index contributed by atoms with van der Waals surface area (Å²) in [6, 6.07) is 4.96. The maximum atomic E-state index is 11.2. The van der Waals surface area contributed by atoms with Crippen molar-refractivity contribution in [3.05, 3.63) is 28.8 Å². The van der Waals surface area contributed by atoms with Crippen molar-refractivity contribution in [2.45, 2.75) is 19.8 Å². The van der Waals surface area contributed by atoms with E-state index in [0.717, 1.165) is 31.6 Å². The lowest BCUT2D eigenvalue weighted by atomic mass is 10.1. The first-order chi connectivity index (χ1) is 8.11. The summed E-state index contributed by atoms with van der Waals surface area (Å²) in [7, 11) is 0. The summed E-state index contributed by atoms with van der Waals surface area (Å²) in [6.45, 7) is 4.01. The minimum Gasteiger partial charge on any atom is -0.478 e. The molecule has 1 aliphatic rings. The Morgan fingerprint density at radius 1 is 1.59 bits per heavy atom. The van der Waals surface area contributed by atoms with Gasteiger partial charge in [0, 0.05) is 18.1 Å². The van der Waals surface area contributed by atoms with Crippen LogP contribution in [0.1, 0.15) is 30.1 Å². The summed E-state index contributed by atoms with van der Waals surface area (Å²) in [4.78, 5) is 13.3. The molecule has 0 spiro atoms. The summed E-state index contributed by atoms with van der Waals surface area (Å²) in [5.41, 5.74) is 1.09. The van der Waals surface area contributed by atoms with Gasteiger partial charge in [0.25, 0.3) is 0 Å². The Kier molecular flexibility index (Phi) is 3.57. The van der Waals surface area contributed by atoms with Crippen LogP contribution in [0, 0.1) is 5.92 Å². The van der Waals surface area contributed by atoms with Crippen LogP contribution < -0.4 is 4.90 Å². The molecular formula is C13H16ClNO2. The SMILES string of the molecule is CCC1CCN(c2cc(Cl)ccc2C(=O)O)C1. The van der Waals surface area contributed by atoms with Gasteiger partial charge >= 0.3 is 5.97 Å². The van der Waals surface area contributed by atoms with Crippen molar-refractivity contribution in [2.75, 3.05) is 18.0 Å². The van der Waals surface area contributed by atoms with Gasteiger partial charge in [-0.05, 0) is 30.5 Å². The summed E-state index contributed by atoms with van der Waals surface area (Å²) in [6.07, 6.45) is 2.27. The first kappa shape index (κ1) is 12.2. The molecule has 0 aromatic heterocycles. The first-order valence-corrected chi connectivity index (χ1v) is 6.27. The molecule has 0 bridgehead atoms. The van der Waals surface area contributed by atoms with Gasteiger partial charge in [-0.2, -0.15) is 0 Å². The van der Waals surface area contributed by atoms with Gasteiger partial charge < -0.3 is 10.0 Å². The lowest BCUT2D eigenvalue weighted by Gasteiger charge is -2.20. The van der Waals surface area contributed by atoms with Crippen LogP contribution in [-0.2, 0) is 0 Å². The molecule has 1 saturated heterocycles. The topological polar surface area (TPSA) is 40.5 Å². The lowest BCUT2D eigenvalue weighted by Crippen LogP contribution is -2.22. The third kappa shape index (κ3) is 2.55. The molecule has 0 saturated carbocycles. The predicted molar refractivity (Wildman–Crippen MR) is 69.0 cm³/mol. The molecule has 0 radical (unpaired) electrons. The van der Waals surface area contributed by atoms with E-state index in [1.807, 2.05) is 0 Å². The molecule has 1 aromatic rings. The molecule has 2 rings (SSSR count). The van der Waals surface area contributed by atoms with Gasteiger partial charge in [-0.15, -0.1) is 0 Å². The molecule has 1 aliphatic heterocycles. The number of nitrogens with zero attached hydrogens (tertiary/aromatic N) is 1. The van der Waals surface area contributed by atoms with Crippen molar-refractivity contribution in [3.8, 4) is 0 Å². The largest absolute Gasteiger partial charge is 0.478 e. The third-order valence-corrected chi connectivity index (χ3v) is 3.63. The highest BCUT2D eigenvalue weighted by Gasteiger charge is 2.24. The summed E-state index contributed by atoms with van der Waals surface area (Å²) in [5.74, 6) is -0.229. The van der Waals surface area contributed by atoms with Gasteiger partial charge in [0.1, 0.15) is 0 Å². The van der Waals surface area contributed by atoms with Gasteiger partial charge in [-0.3, -0.25) is 0 Å². The molecule has 1 unspecified atom stereocenters. The number of carbonyl (C=O) groups is 1. The molecule has 3 nitrogen and oxygen atoms in total. The van der Waals surface area contributed by atoms with Crippen LogP contribution in [0.3, 0.4) is 0 Å². The molecular weight excluding hydrogens is 238 g/mol. The number of anilines is 1. The predicted octanol–water partition coefficient (Wildman–Crippen LogP) is 3.27. The monoisotopic (exact) mass is 253 g/mol. The number of carboxylic acid groups (broad SMARTS) is 1. The zero-order valence-electron chi connectivity index (χ0n) is 9.82. The number of carboxylic acids is 1. The highest BCUT2D eigenvalue weighted by Crippen LogP contribution is 2.30. The molecule has 0 amide bonds. The fourth-order valence-corrected chi connectivity index (χ4v) is 2.50. The van der Waals surface area contributed by atoms with Crippen LogP contribution >= 0.6 is 11.6 Å². The van der Waals surface area contributed by atoms with Crippen molar-refractivity contribution in [2.24, 2.45) is 5.92 Å². The molecule has 1 heterocycles. The number of hydrogen-bond donors (Lipinski definition) is 1. The first-order valence-electron chi connectivity index (χ1n) is 5.89. The highest BCUT2D eigenvalue weighted by molar-refractivity contribution is 6.31. The second kappa shape index (κ2) is 4.96. The van der Waals surface area contributed by atoms with Crippen molar-refractivity contribution >= 4 is 23.3 Å². The number of halogens is 1. The maximum absolute atomic E-state index is 11.2.